The fourth-order valence-electron chi connectivity index (χ4n) is 5.89. The second-order valence-corrected chi connectivity index (χ2v) is 12.1. The Bertz CT molecular complexity index is 1230. The third-order valence-corrected chi connectivity index (χ3v) is 9.05. The number of nitrogens with one attached hydrogen (secondary N) is 1. The molecule has 2 fully saturated rings. The normalized spacial score (nSPS) is 18.5. The molecule has 3 aromatic rings. The van der Waals surface area contributed by atoms with Gasteiger partial charge in [-0.25, -0.2) is 0 Å². The van der Waals surface area contributed by atoms with Crippen molar-refractivity contribution in [3.05, 3.63) is 81.8 Å². The minimum absolute atomic E-state index is 0.510. The Kier molecular flexibility index (Phi) is 10.6. The molecule has 0 unspecified atom stereocenters. The summed E-state index contributed by atoms with van der Waals surface area (Å²) in [5.74, 6) is 1.78. The summed E-state index contributed by atoms with van der Waals surface area (Å²) in [4.78, 5) is 5.12. The first-order valence-electron chi connectivity index (χ1n) is 15.0. The van der Waals surface area contributed by atoms with Gasteiger partial charge in [0.05, 0.1) is 11.1 Å². The molecule has 0 radical (unpaired) electrons. The van der Waals surface area contributed by atoms with E-state index in [1.54, 1.807) is 0 Å². The highest BCUT2D eigenvalue weighted by Crippen LogP contribution is 2.36. The van der Waals surface area contributed by atoms with Gasteiger partial charge in [-0.05, 0) is 83.9 Å². The van der Waals surface area contributed by atoms with Gasteiger partial charge in [0.2, 0.25) is 0 Å². The fourth-order valence-corrected chi connectivity index (χ4v) is 6.39. The Hall–Kier alpha value is -2.38. The molecule has 0 bridgehead atoms. The van der Waals surface area contributed by atoms with Crippen molar-refractivity contribution in [3.63, 3.8) is 0 Å². The molecule has 5 nitrogen and oxygen atoms in total. The molecular formula is C34H44BrN3O2. The maximum Gasteiger partial charge on any atom is 0.137 e. The molecule has 2 aliphatic heterocycles. The summed E-state index contributed by atoms with van der Waals surface area (Å²) in [6.07, 6.45) is 4.89. The van der Waals surface area contributed by atoms with Crippen LogP contribution in [-0.4, -0.2) is 61.7 Å². The van der Waals surface area contributed by atoms with Crippen LogP contribution in [0.5, 0.6) is 11.5 Å². The summed E-state index contributed by atoms with van der Waals surface area (Å²) >= 11 is 3.83. The molecule has 1 atom stereocenters. The second-order valence-electron chi connectivity index (χ2n) is 11.2. The van der Waals surface area contributed by atoms with Gasteiger partial charge in [-0.3, -0.25) is 4.90 Å². The summed E-state index contributed by atoms with van der Waals surface area (Å²) in [6, 6.07) is 22.0. The quantitative estimate of drug-likeness (QED) is 0.237. The number of ether oxygens (including phenoxy) is 2. The van der Waals surface area contributed by atoms with Crippen LogP contribution in [0.15, 0.2) is 65.1 Å². The van der Waals surface area contributed by atoms with E-state index in [-0.39, 0.29) is 0 Å². The van der Waals surface area contributed by atoms with Crippen molar-refractivity contribution >= 4 is 15.9 Å². The van der Waals surface area contributed by atoms with E-state index in [0.29, 0.717) is 19.3 Å². The number of piperazine rings is 1. The minimum atomic E-state index is 0.510. The molecule has 0 spiro atoms. The fraction of sp³-hybridized carbons (Fsp3) is 0.471. The number of hydrogen-bond acceptors (Lipinski definition) is 5. The van der Waals surface area contributed by atoms with Crippen LogP contribution in [0.4, 0.5) is 0 Å². The predicted octanol–water partition coefficient (Wildman–Crippen LogP) is 7.05. The number of likely N-dealkylation sites (tertiary alicyclic amines) is 1. The number of nitrogens with zero attached hydrogens (tertiary/aromatic N) is 2. The summed E-state index contributed by atoms with van der Waals surface area (Å²) in [7, 11) is 0. The van der Waals surface area contributed by atoms with Crippen LogP contribution in [-0.2, 0) is 13.2 Å². The highest BCUT2D eigenvalue weighted by molar-refractivity contribution is 9.10. The van der Waals surface area contributed by atoms with Crippen LogP contribution >= 0.6 is 15.9 Å². The van der Waals surface area contributed by atoms with Gasteiger partial charge in [-0.1, -0.05) is 55.0 Å². The van der Waals surface area contributed by atoms with Gasteiger partial charge < -0.3 is 19.7 Å². The zero-order chi connectivity index (χ0) is 27.7. The maximum absolute atomic E-state index is 6.48. The van der Waals surface area contributed by atoms with Gasteiger partial charge in [0, 0.05) is 56.9 Å². The van der Waals surface area contributed by atoms with Crippen molar-refractivity contribution in [1.29, 1.82) is 0 Å². The Morgan fingerprint density at radius 3 is 2.52 bits per heavy atom. The van der Waals surface area contributed by atoms with Crippen LogP contribution < -0.4 is 14.8 Å². The minimum Gasteiger partial charge on any atom is -0.493 e. The van der Waals surface area contributed by atoms with Crippen LogP contribution in [0, 0.1) is 6.92 Å². The number of halogens is 1. The predicted molar refractivity (Wildman–Crippen MR) is 168 cm³/mol. The number of piperidine rings is 1. The third-order valence-electron chi connectivity index (χ3n) is 8.43. The zero-order valence-electron chi connectivity index (χ0n) is 24.1. The molecule has 1 N–H and O–H groups in total. The van der Waals surface area contributed by atoms with Gasteiger partial charge in [0.15, 0.2) is 0 Å². The molecule has 2 saturated heterocycles. The first-order valence-corrected chi connectivity index (χ1v) is 15.8. The van der Waals surface area contributed by atoms with Crippen LogP contribution in [0.3, 0.4) is 0 Å². The van der Waals surface area contributed by atoms with Gasteiger partial charge in [-0.15, -0.1) is 0 Å². The van der Waals surface area contributed by atoms with Crippen molar-refractivity contribution in [1.82, 2.24) is 15.1 Å². The molecule has 2 heterocycles. The molecule has 5 rings (SSSR count). The van der Waals surface area contributed by atoms with Gasteiger partial charge >= 0.3 is 0 Å². The summed E-state index contributed by atoms with van der Waals surface area (Å²) in [6.45, 7) is 13.3. The van der Waals surface area contributed by atoms with E-state index in [1.165, 1.54) is 47.1 Å². The largest absolute Gasteiger partial charge is 0.493 e. The van der Waals surface area contributed by atoms with Crippen LogP contribution in [0.2, 0.25) is 0 Å². The number of rotatable bonds is 11. The SMILES string of the molecule is Cc1c(COc2cc(OCCCN3CCNCC3)c(CN3CCCC[C@H]3C)cc2Br)cccc1-c1ccccc1. The first kappa shape index (κ1) is 29.1. The topological polar surface area (TPSA) is 37.0 Å². The molecular weight excluding hydrogens is 562 g/mol. The van der Waals surface area contributed by atoms with Gasteiger partial charge in [0.1, 0.15) is 18.1 Å². The molecule has 0 saturated carbocycles. The molecule has 214 valence electrons. The Labute approximate surface area is 249 Å². The molecule has 6 heteroatoms. The molecule has 0 aromatic heterocycles. The van der Waals surface area contributed by atoms with E-state index in [0.717, 1.165) is 68.2 Å². The van der Waals surface area contributed by atoms with E-state index in [1.807, 2.05) is 0 Å². The highest BCUT2D eigenvalue weighted by atomic mass is 79.9. The van der Waals surface area contributed by atoms with Crippen LogP contribution in [0.1, 0.15) is 49.3 Å². The summed E-state index contributed by atoms with van der Waals surface area (Å²) in [5.41, 5.74) is 6.16. The lowest BCUT2D eigenvalue weighted by atomic mass is 9.97. The van der Waals surface area contributed by atoms with E-state index in [2.05, 4.69) is 106 Å². The summed E-state index contributed by atoms with van der Waals surface area (Å²) < 4.78 is 13.9. The molecule has 0 amide bonds. The van der Waals surface area contributed by atoms with Crippen molar-refractivity contribution < 1.29 is 9.47 Å². The lowest BCUT2D eigenvalue weighted by Gasteiger charge is -2.34. The number of hydrogen-bond donors (Lipinski definition) is 1. The van der Waals surface area contributed by atoms with Crippen molar-refractivity contribution in [3.8, 4) is 22.6 Å². The molecule has 2 aliphatic rings. The average Bonchev–Trinajstić information content (AvgIpc) is 2.98. The Balaban J connectivity index is 1.30. The smallest absolute Gasteiger partial charge is 0.137 e. The average molecular weight is 607 g/mol. The molecule has 3 aromatic carbocycles. The van der Waals surface area contributed by atoms with Crippen LogP contribution in [0.25, 0.3) is 11.1 Å². The zero-order valence-corrected chi connectivity index (χ0v) is 25.7. The third kappa shape index (κ3) is 7.67. The summed E-state index contributed by atoms with van der Waals surface area (Å²) in [5, 5.41) is 3.43. The first-order chi connectivity index (χ1) is 19.6. The lowest BCUT2D eigenvalue weighted by molar-refractivity contribution is 0.150. The lowest BCUT2D eigenvalue weighted by Crippen LogP contribution is -2.44. The maximum atomic E-state index is 6.48. The molecule has 40 heavy (non-hydrogen) atoms. The van der Waals surface area contributed by atoms with Crippen molar-refractivity contribution in [2.75, 3.05) is 45.9 Å². The van der Waals surface area contributed by atoms with E-state index in [4.69, 9.17) is 9.47 Å². The van der Waals surface area contributed by atoms with Gasteiger partial charge in [-0.2, -0.15) is 0 Å². The Morgan fingerprint density at radius 1 is 0.900 bits per heavy atom. The Morgan fingerprint density at radius 2 is 1.73 bits per heavy atom. The standard InChI is InChI=1S/C34H44BrN3O2/c1-26-10-6-7-18-38(26)24-30-22-32(35)34(23-33(30)39-21-9-17-37-19-15-36-16-20-37)40-25-29-13-8-14-31(27(29)2)28-11-4-3-5-12-28/h3-5,8,11-14,22-23,26,36H,6-7,9-10,15-21,24-25H2,1-2H3/t26-/m1/s1. The van der Waals surface area contributed by atoms with E-state index in [9.17, 15) is 0 Å². The monoisotopic (exact) mass is 605 g/mol. The number of benzene rings is 3. The van der Waals surface area contributed by atoms with Crippen molar-refractivity contribution in [2.45, 2.75) is 58.7 Å². The van der Waals surface area contributed by atoms with Gasteiger partial charge in [0.25, 0.3) is 0 Å². The van der Waals surface area contributed by atoms with E-state index >= 15 is 0 Å². The highest BCUT2D eigenvalue weighted by Gasteiger charge is 2.21. The van der Waals surface area contributed by atoms with Crippen molar-refractivity contribution in [2.24, 2.45) is 0 Å². The van der Waals surface area contributed by atoms with E-state index < -0.39 is 0 Å². The molecule has 0 aliphatic carbocycles. The second kappa shape index (κ2) is 14.5.